The topological polar surface area (TPSA) is 53.7 Å². The number of ether oxygens (including phenoxy) is 3. The summed E-state index contributed by atoms with van der Waals surface area (Å²) >= 11 is 0. The lowest BCUT2D eigenvalue weighted by Crippen LogP contribution is -2.39. The van der Waals surface area contributed by atoms with Crippen molar-refractivity contribution in [2.75, 3.05) is 27.9 Å². The molecule has 0 aliphatic rings. The van der Waals surface area contributed by atoms with Crippen molar-refractivity contribution in [3.8, 4) is 5.75 Å². The highest BCUT2D eigenvalue weighted by atomic mass is 19.1. The zero-order chi connectivity index (χ0) is 12.2. The Labute approximate surface area is 94.1 Å². The quantitative estimate of drug-likeness (QED) is 0.772. The summed E-state index contributed by atoms with van der Waals surface area (Å²) in [6, 6.07) is 4.45. The second kappa shape index (κ2) is 5.25. The summed E-state index contributed by atoms with van der Waals surface area (Å²) in [5.41, 5.74) is 6.09. The predicted molar refractivity (Wildman–Crippen MR) is 57.7 cm³/mol. The molecule has 90 valence electrons. The van der Waals surface area contributed by atoms with Crippen LogP contribution in [0.15, 0.2) is 18.2 Å². The molecule has 4 nitrogen and oxygen atoms in total. The molecule has 16 heavy (non-hydrogen) atoms. The van der Waals surface area contributed by atoms with E-state index in [2.05, 4.69) is 0 Å². The fraction of sp³-hybridized carbons (Fsp3) is 0.455. The SMILES string of the molecule is COc1ccc(C(CN)(OC)OC)cc1F. The predicted octanol–water partition coefficient (Wildman–Crippen LogP) is 1.24. The van der Waals surface area contributed by atoms with Crippen LogP contribution in [0.2, 0.25) is 0 Å². The van der Waals surface area contributed by atoms with Gasteiger partial charge in [-0.1, -0.05) is 0 Å². The third-order valence-corrected chi connectivity index (χ3v) is 2.52. The first-order valence-corrected chi connectivity index (χ1v) is 4.78. The van der Waals surface area contributed by atoms with Crippen LogP contribution in [0.5, 0.6) is 5.75 Å². The Morgan fingerprint density at radius 2 is 1.88 bits per heavy atom. The van der Waals surface area contributed by atoms with Gasteiger partial charge >= 0.3 is 0 Å². The molecule has 0 saturated heterocycles. The lowest BCUT2D eigenvalue weighted by molar-refractivity contribution is -0.208. The van der Waals surface area contributed by atoms with Crippen molar-refractivity contribution in [2.24, 2.45) is 5.73 Å². The van der Waals surface area contributed by atoms with E-state index in [1.54, 1.807) is 6.07 Å². The van der Waals surface area contributed by atoms with Gasteiger partial charge < -0.3 is 19.9 Å². The number of methoxy groups -OCH3 is 3. The summed E-state index contributed by atoms with van der Waals surface area (Å²) in [5, 5.41) is 0. The van der Waals surface area contributed by atoms with E-state index in [0.29, 0.717) is 5.56 Å². The van der Waals surface area contributed by atoms with Crippen molar-refractivity contribution in [3.05, 3.63) is 29.6 Å². The molecular weight excluding hydrogens is 213 g/mol. The summed E-state index contributed by atoms with van der Waals surface area (Å²) in [6.45, 7) is 0.0891. The first-order valence-electron chi connectivity index (χ1n) is 4.78. The lowest BCUT2D eigenvalue weighted by atomic mass is 10.1. The molecule has 2 N–H and O–H groups in total. The normalized spacial score (nSPS) is 11.6. The highest BCUT2D eigenvalue weighted by molar-refractivity contribution is 5.32. The van der Waals surface area contributed by atoms with Crippen LogP contribution in [0.1, 0.15) is 5.56 Å². The standard InChI is InChI=1S/C11H16FNO3/c1-14-10-5-4-8(6-9(10)12)11(7-13,15-2)16-3/h4-6H,7,13H2,1-3H3. The number of hydrogen-bond acceptors (Lipinski definition) is 4. The van der Waals surface area contributed by atoms with Gasteiger partial charge in [-0.3, -0.25) is 0 Å². The van der Waals surface area contributed by atoms with Crippen LogP contribution >= 0.6 is 0 Å². The fourth-order valence-electron chi connectivity index (χ4n) is 1.51. The molecule has 0 spiro atoms. The zero-order valence-electron chi connectivity index (χ0n) is 9.62. The molecule has 0 unspecified atom stereocenters. The highest BCUT2D eigenvalue weighted by Crippen LogP contribution is 2.28. The Balaban J connectivity index is 3.16. The highest BCUT2D eigenvalue weighted by Gasteiger charge is 2.31. The second-order valence-corrected chi connectivity index (χ2v) is 3.21. The average molecular weight is 229 g/mol. The van der Waals surface area contributed by atoms with Crippen LogP contribution in [0, 0.1) is 5.82 Å². The molecule has 5 heteroatoms. The van der Waals surface area contributed by atoms with Crippen LogP contribution in [0.3, 0.4) is 0 Å². The molecule has 1 aromatic carbocycles. The van der Waals surface area contributed by atoms with E-state index in [0.717, 1.165) is 0 Å². The minimum absolute atomic E-state index is 0.0891. The monoisotopic (exact) mass is 229 g/mol. The molecule has 0 aliphatic carbocycles. The minimum atomic E-state index is -1.12. The number of rotatable bonds is 5. The number of benzene rings is 1. The minimum Gasteiger partial charge on any atom is -0.494 e. The fourth-order valence-corrected chi connectivity index (χ4v) is 1.51. The Kier molecular flexibility index (Phi) is 4.23. The van der Waals surface area contributed by atoms with Gasteiger partial charge in [0.25, 0.3) is 0 Å². The molecule has 0 aromatic heterocycles. The van der Waals surface area contributed by atoms with Gasteiger partial charge in [0.05, 0.1) is 13.7 Å². The van der Waals surface area contributed by atoms with Crippen molar-refractivity contribution in [1.82, 2.24) is 0 Å². The van der Waals surface area contributed by atoms with Crippen LogP contribution in [0.4, 0.5) is 4.39 Å². The Morgan fingerprint density at radius 1 is 1.25 bits per heavy atom. The summed E-state index contributed by atoms with van der Waals surface area (Å²) in [6.07, 6.45) is 0. The molecule has 0 aliphatic heterocycles. The van der Waals surface area contributed by atoms with E-state index in [4.69, 9.17) is 19.9 Å². The van der Waals surface area contributed by atoms with Crippen molar-refractivity contribution in [1.29, 1.82) is 0 Å². The molecule has 1 rings (SSSR count). The molecule has 0 fully saturated rings. The van der Waals surface area contributed by atoms with Crippen LogP contribution < -0.4 is 10.5 Å². The molecule has 0 saturated carbocycles. The van der Waals surface area contributed by atoms with Gasteiger partial charge in [-0.25, -0.2) is 4.39 Å². The maximum atomic E-state index is 13.5. The Morgan fingerprint density at radius 3 is 2.25 bits per heavy atom. The van der Waals surface area contributed by atoms with Crippen molar-refractivity contribution < 1.29 is 18.6 Å². The largest absolute Gasteiger partial charge is 0.494 e. The molecule has 0 bridgehead atoms. The van der Waals surface area contributed by atoms with Gasteiger partial charge in [-0.15, -0.1) is 0 Å². The van der Waals surface area contributed by atoms with Gasteiger partial charge in [-0.05, 0) is 18.2 Å². The van der Waals surface area contributed by atoms with Gasteiger partial charge in [0, 0.05) is 19.8 Å². The van der Waals surface area contributed by atoms with Crippen molar-refractivity contribution in [3.63, 3.8) is 0 Å². The van der Waals surface area contributed by atoms with E-state index in [9.17, 15) is 4.39 Å². The zero-order valence-corrected chi connectivity index (χ0v) is 9.62. The number of nitrogens with two attached hydrogens (primary N) is 1. The van der Waals surface area contributed by atoms with Crippen LogP contribution in [-0.4, -0.2) is 27.9 Å². The van der Waals surface area contributed by atoms with E-state index in [-0.39, 0.29) is 12.3 Å². The number of hydrogen-bond donors (Lipinski definition) is 1. The summed E-state index contributed by atoms with van der Waals surface area (Å²) < 4.78 is 28.7. The van der Waals surface area contributed by atoms with Crippen LogP contribution in [-0.2, 0) is 15.3 Å². The molecular formula is C11H16FNO3. The number of halogens is 1. The van der Waals surface area contributed by atoms with Crippen LogP contribution in [0.25, 0.3) is 0 Å². The summed E-state index contributed by atoms with van der Waals surface area (Å²) in [4.78, 5) is 0. The van der Waals surface area contributed by atoms with E-state index in [1.165, 1.54) is 33.5 Å². The third-order valence-electron chi connectivity index (χ3n) is 2.52. The molecule has 1 aromatic rings. The molecule has 0 atom stereocenters. The first-order chi connectivity index (χ1) is 7.63. The van der Waals surface area contributed by atoms with E-state index < -0.39 is 11.6 Å². The van der Waals surface area contributed by atoms with E-state index >= 15 is 0 Å². The smallest absolute Gasteiger partial charge is 0.207 e. The van der Waals surface area contributed by atoms with E-state index in [1.807, 2.05) is 0 Å². The van der Waals surface area contributed by atoms with Gasteiger partial charge in [0.2, 0.25) is 5.79 Å². The van der Waals surface area contributed by atoms with Gasteiger partial charge in [0.15, 0.2) is 11.6 Å². The molecule has 0 heterocycles. The van der Waals surface area contributed by atoms with Crippen molar-refractivity contribution in [2.45, 2.75) is 5.79 Å². The lowest BCUT2D eigenvalue weighted by Gasteiger charge is -2.29. The Hall–Kier alpha value is -1.17. The maximum absolute atomic E-state index is 13.5. The molecule has 0 radical (unpaired) electrons. The van der Waals surface area contributed by atoms with Crippen molar-refractivity contribution >= 4 is 0 Å². The summed E-state index contributed by atoms with van der Waals surface area (Å²) in [5.74, 6) is -1.43. The second-order valence-electron chi connectivity index (χ2n) is 3.21. The third kappa shape index (κ3) is 2.16. The summed E-state index contributed by atoms with van der Waals surface area (Å²) in [7, 11) is 4.32. The molecule has 0 amide bonds. The van der Waals surface area contributed by atoms with Gasteiger partial charge in [-0.2, -0.15) is 0 Å². The Bertz CT molecular complexity index is 345. The maximum Gasteiger partial charge on any atom is 0.207 e. The average Bonchev–Trinajstić information content (AvgIpc) is 2.32. The van der Waals surface area contributed by atoms with Gasteiger partial charge in [0.1, 0.15) is 0 Å². The first kappa shape index (κ1) is 12.9.